The van der Waals surface area contributed by atoms with Crippen LogP contribution in [0.15, 0.2) is 30.3 Å². The molecule has 1 aliphatic carbocycles. The Hall–Kier alpha value is -4.36. The standard InChI is InChI=1S/C32H49N5O9/c1-5-44-28(41)32(18-10-11-19-32)37-27(40)24(16-17-25(33)38)35-26(39)23(36-30(43)46-31(2,3)4)15-9-12-20-34-29(42)45-21-22-13-7-6-8-14-22/h6-8,13-14,23-24H,5,9-12,15-21H2,1-4H3,(H2,33,38)(H,34,42)(H,35,39)(H,36,43)(H,37,40)/t23-,24-/m0/s1. The number of primary amides is 1. The summed E-state index contributed by atoms with van der Waals surface area (Å²) in [5, 5.41) is 10.6. The molecule has 0 heterocycles. The molecule has 14 nitrogen and oxygen atoms in total. The molecule has 0 radical (unpaired) electrons. The number of nitrogens with two attached hydrogens (primary N) is 1. The summed E-state index contributed by atoms with van der Waals surface area (Å²) in [4.78, 5) is 76.0. The van der Waals surface area contributed by atoms with Gasteiger partial charge in [0, 0.05) is 13.0 Å². The van der Waals surface area contributed by atoms with Crippen molar-refractivity contribution in [2.45, 2.75) is 115 Å². The number of unbranched alkanes of at least 4 members (excludes halogenated alkanes) is 1. The zero-order valence-electron chi connectivity index (χ0n) is 27.3. The highest BCUT2D eigenvalue weighted by atomic mass is 16.6. The number of alkyl carbamates (subject to hydrolysis) is 2. The quantitative estimate of drug-likeness (QED) is 0.0956. The summed E-state index contributed by atoms with van der Waals surface area (Å²) in [6.45, 7) is 7.23. The Labute approximate surface area is 270 Å². The van der Waals surface area contributed by atoms with E-state index in [0.29, 0.717) is 38.5 Å². The van der Waals surface area contributed by atoms with Crippen molar-refractivity contribution in [3.05, 3.63) is 35.9 Å². The van der Waals surface area contributed by atoms with E-state index in [1.165, 1.54) is 0 Å². The van der Waals surface area contributed by atoms with Crippen LogP contribution in [-0.2, 0) is 40.0 Å². The van der Waals surface area contributed by atoms with Crippen LogP contribution in [0.2, 0.25) is 0 Å². The van der Waals surface area contributed by atoms with Gasteiger partial charge in [0.15, 0.2) is 0 Å². The molecule has 14 heteroatoms. The van der Waals surface area contributed by atoms with Crippen molar-refractivity contribution in [3.63, 3.8) is 0 Å². The predicted octanol–water partition coefficient (Wildman–Crippen LogP) is 2.72. The highest BCUT2D eigenvalue weighted by Crippen LogP contribution is 2.31. The molecule has 5 amide bonds. The molecule has 2 atom stereocenters. The lowest BCUT2D eigenvalue weighted by atomic mass is 9.96. The lowest BCUT2D eigenvalue weighted by Crippen LogP contribution is -2.60. The van der Waals surface area contributed by atoms with E-state index in [9.17, 15) is 28.8 Å². The smallest absolute Gasteiger partial charge is 0.408 e. The van der Waals surface area contributed by atoms with Crippen molar-refractivity contribution in [2.75, 3.05) is 13.2 Å². The van der Waals surface area contributed by atoms with E-state index in [4.69, 9.17) is 19.9 Å². The fraction of sp³-hybridized carbons (Fsp3) is 0.625. The molecule has 1 aromatic carbocycles. The van der Waals surface area contributed by atoms with Gasteiger partial charge in [-0.1, -0.05) is 43.2 Å². The third-order valence-electron chi connectivity index (χ3n) is 7.21. The van der Waals surface area contributed by atoms with Crippen LogP contribution < -0.4 is 27.0 Å². The van der Waals surface area contributed by atoms with E-state index < -0.39 is 59.1 Å². The van der Waals surface area contributed by atoms with Gasteiger partial charge in [-0.25, -0.2) is 14.4 Å². The minimum Gasteiger partial charge on any atom is -0.464 e. The number of hydrogen-bond donors (Lipinski definition) is 5. The van der Waals surface area contributed by atoms with Gasteiger partial charge in [0.25, 0.3) is 0 Å². The molecule has 1 aliphatic rings. The monoisotopic (exact) mass is 647 g/mol. The molecule has 1 fully saturated rings. The summed E-state index contributed by atoms with van der Waals surface area (Å²) < 4.78 is 15.7. The number of rotatable bonds is 17. The minimum atomic E-state index is -1.23. The lowest BCUT2D eigenvalue weighted by molar-refractivity contribution is -0.153. The maximum absolute atomic E-state index is 13.5. The number of esters is 1. The molecule has 0 unspecified atom stereocenters. The number of carbonyl (C=O) groups is 6. The van der Waals surface area contributed by atoms with Crippen molar-refractivity contribution in [1.82, 2.24) is 21.3 Å². The third kappa shape index (κ3) is 13.7. The van der Waals surface area contributed by atoms with Crippen molar-refractivity contribution in [2.24, 2.45) is 5.73 Å². The van der Waals surface area contributed by atoms with Gasteiger partial charge in [0.05, 0.1) is 6.61 Å². The Morgan fingerprint density at radius 2 is 1.52 bits per heavy atom. The average Bonchev–Trinajstić information content (AvgIpc) is 3.46. The summed E-state index contributed by atoms with van der Waals surface area (Å²) in [5.74, 6) is -2.59. The van der Waals surface area contributed by atoms with E-state index in [0.717, 1.165) is 5.56 Å². The largest absolute Gasteiger partial charge is 0.464 e. The number of nitrogens with one attached hydrogen (secondary N) is 4. The van der Waals surface area contributed by atoms with Gasteiger partial charge in [-0.15, -0.1) is 0 Å². The Balaban J connectivity index is 2.05. The molecule has 0 saturated heterocycles. The Bertz CT molecular complexity index is 1180. The normalized spacial score (nSPS) is 15.0. The van der Waals surface area contributed by atoms with E-state index in [1.807, 2.05) is 30.3 Å². The minimum absolute atomic E-state index is 0.125. The van der Waals surface area contributed by atoms with Crippen molar-refractivity contribution in [3.8, 4) is 0 Å². The number of amides is 5. The molecule has 256 valence electrons. The van der Waals surface area contributed by atoms with Crippen LogP contribution in [0, 0.1) is 0 Å². The molecular formula is C32H49N5O9. The van der Waals surface area contributed by atoms with Crippen LogP contribution >= 0.6 is 0 Å². The average molecular weight is 648 g/mol. The van der Waals surface area contributed by atoms with Crippen LogP contribution in [0.5, 0.6) is 0 Å². The number of benzene rings is 1. The molecule has 0 spiro atoms. The number of carbonyl (C=O) groups excluding carboxylic acids is 6. The zero-order valence-corrected chi connectivity index (χ0v) is 27.3. The fourth-order valence-electron chi connectivity index (χ4n) is 4.94. The SMILES string of the molecule is CCOC(=O)C1(NC(=O)[C@H](CCC(N)=O)NC(=O)[C@H](CCCCNC(=O)OCc2ccccc2)NC(=O)OC(C)(C)C)CCCC1. The van der Waals surface area contributed by atoms with Crippen molar-refractivity contribution in [1.29, 1.82) is 0 Å². The second kappa shape index (κ2) is 18.6. The fourth-order valence-corrected chi connectivity index (χ4v) is 4.94. The number of ether oxygens (including phenoxy) is 3. The topological polar surface area (TPSA) is 204 Å². The molecule has 0 bridgehead atoms. The van der Waals surface area contributed by atoms with Crippen molar-refractivity contribution < 1.29 is 43.0 Å². The second-order valence-electron chi connectivity index (χ2n) is 12.2. The van der Waals surface area contributed by atoms with E-state index in [-0.39, 0.29) is 39.0 Å². The van der Waals surface area contributed by atoms with Gasteiger partial charge in [-0.05, 0) is 71.8 Å². The molecule has 6 N–H and O–H groups in total. The van der Waals surface area contributed by atoms with E-state index in [2.05, 4.69) is 21.3 Å². The highest BCUT2D eigenvalue weighted by Gasteiger charge is 2.45. The Kier molecular flexibility index (Phi) is 15.3. The molecule has 1 aromatic rings. The molecule has 46 heavy (non-hydrogen) atoms. The first-order chi connectivity index (χ1) is 21.7. The van der Waals surface area contributed by atoms with Gasteiger partial charge in [-0.3, -0.25) is 14.4 Å². The van der Waals surface area contributed by atoms with Gasteiger partial charge in [0.2, 0.25) is 17.7 Å². The third-order valence-corrected chi connectivity index (χ3v) is 7.21. The van der Waals surface area contributed by atoms with Crippen molar-refractivity contribution >= 4 is 35.9 Å². The summed E-state index contributed by atoms with van der Waals surface area (Å²) in [6, 6.07) is 6.89. The van der Waals surface area contributed by atoms with Gasteiger partial charge < -0.3 is 41.2 Å². The summed E-state index contributed by atoms with van der Waals surface area (Å²) in [6.07, 6.45) is 1.42. The molecule has 0 aliphatic heterocycles. The van der Waals surface area contributed by atoms with Crippen LogP contribution in [0.1, 0.15) is 91.0 Å². The lowest BCUT2D eigenvalue weighted by Gasteiger charge is -2.31. The first kappa shape index (κ1) is 37.8. The van der Waals surface area contributed by atoms with Gasteiger partial charge in [0.1, 0.15) is 29.8 Å². The molecular weight excluding hydrogens is 598 g/mol. The Morgan fingerprint density at radius 1 is 0.870 bits per heavy atom. The molecule has 0 aromatic heterocycles. The van der Waals surface area contributed by atoms with Crippen LogP contribution in [-0.4, -0.2) is 72.3 Å². The highest BCUT2D eigenvalue weighted by molar-refractivity contribution is 5.94. The van der Waals surface area contributed by atoms with E-state index >= 15 is 0 Å². The first-order valence-electron chi connectivity index (χ1n) is 15.8. The van der Waals surface area contributed by atoms with Gasteiger partial charge in [-0.2, -0.15) is 0 Å². The summed E-state index contributed by atoms with van der Waals surface area (Å²) >= 11 is 0. The van der Waals surface area contributed by atoms with Crippen LogP contribution in [0.3, 0.4) is 0 Å². The maximum Gasteiger partial charge on any atom is 0.408 e. The molecule has 1 saturated carbocycles. The van der Waals surface area contributed by atoms with Gasteiger partial charge >= 0.3 is 18.2 Å². The van der Waals surface area contributed by atoms with E-state index in [1.54, 1.807) is 27.7 Å². The van der Waals surface area contributed by atoms with Crippen LogP contribution in [0.25, 0.3) is 0 Å². The van der Waals surface area contributed by atoms with Crippen LogP contribution in [0.4, 0.5) is 9.59 Å². The second-order valence-corrected chi connectivity index (χ2v) is 12.2. The first-order valence-corrected chi connectivity index (χ1v) is 15.8. The maximum atomic E-state index is 13.5. The predicted molar refractivity (Wildman–Crippen MR) is 168 cm³/mol. The molecule has 2 rings (SSSR count). The number of hydrogen-bond acceptors (Lipinski definition) is 9. The summed E-state index contributed by atoms with van der Waals surface area (Å²) in [7, 11) is 0. The Morgan fingerprint density at radius 3 is 2.13 bits per heavy atom. The zero-order chi connectivity index (χ0) is 34.2. The summed E-state index contributed by atoms with van der Waals surface area (Å²) in [5.41, 5.74) is 4.12.